The summed E-state index contributed by atoms with van der Waals surface area (Å²) < 4.78 is 6.04. The highest BCUT2D eigenvalue weighted by molar-refractivity contribution is 6.12. The first kappa shape index (κ1) is 24.7. The third kappa shape index (κ3) is 8.16. The summed E-state index contributed by atoms with van der Waals surface area (Å²) >= 11 is 0. The second-order valence-electron chi connectivity index (χ2n) is 8.65. The summed E-state index contributed by atoms with van der Waals surface area (Å²) in [7, 11) is 0. The van der Waals surface area contributed by atoms with Gasteiger partial charge >= 0.3 is 0 Å². The molecule has 0 aliphatic rings. The van der Waals surface area contributed by atoms with Crippen molar-refractivity contribution in [2.24, 2.45) is 0 Å². The predicted octanol–water partition coefficient (Wildman–Crippen LogP) is 8.28. The average Bonchev–Trinajstić information content (AvgIpc) is 2.88. The van der Waals surface area contributed by atoms with E-state index < -0.39 is 0 Å². The van der Waals surface area contributed by atoms with Crippen molar-refractivity contribution in [3.8, 4) is 17.0 Å². The first-order chi connectivity index (χ1) is 16.3. The number of ether oxygens (including phenoxy) is 1. The molecule has 3 nitrogen and oxygen atoms in total. The number of benzene rings is 2. The van der Waals surface area contributed by atoms with E-state index in [4.69, 9.17) is 4.74 Å². The number of rotatable bonds is 15. The molecular formula is C30H37NO2. The molecule has 0 atom stereocenters. The van der Waals surface area contributed by atoms with Crippen molar-refractivity contribution in [3.63, 3.8) is 0 Å². The fourth-order valence-electron chi connectivity index (χ4n) is 4.07. The number of carbonyl (C=O) groups excluding carboxylic acids is 1. The molecule has 33 heavy (non-hydrogen) atoms. The van der Waals surface area contributed by atoms with Gasteiger partial charge in [-0.2, -0.15) is 0 Å². The molecule has 1 aromatic heterocycles. The molecule has 0 aliphatic carbocycles. The van der Waals surface area contributed by atoms with Crippen LogP contribution in [0.2, 0.25) is 0 Å². The Hall–Kier alpha value is -2.94. The first-order valence-electron chi connectivity index (χ1n) is 12.6. The highest BCUT2D eigenvalue weighted by atomic mass is 16.5. The first-order valence-corrected chi connectivity index (χ1v) is 12.6. The molecule has 0 saturated heterocycles. The Morgan fingerprint density at radius 1 is 0.758 bits per heavy atom. The van der Waals surface area contributed by atoms with Crippen LogP contribution in [-0.2, 0) is 0 Å². The van der Waals surface area contributed by atoms with Gasteiger partial charge in [-0.25, -0.2) is 0 Å². The molecule has 0 radical (unpaired) electrons. The lowest BCUT2D eigenvalue weighted by Crippen LogP contribution is -2.05. The summed E-state index contributed by atoms with van der Waals surface area (Å²) in [6.45, 7) is 2.96. The lowest BCUT2D eigenvalue weighted by molar-refractivity contribution is 0.103. The topological polar surface area (TPSA) is 39.2 Å². The third-order valence-electron chi connectivity index (χ3n) is 5.98. The molecular weight excluding hydrogens is 406 g/mol. The van der Waals surface area contributed by atoms with Gasteiger partial charge in [-0.3, -0.25) is 9.78 Å². The number of pyridine rings is 1. The number of unbranched alkanes of at least 4 members (excludes halogenated alkanes) is 9. The van der Waals surface area contributed by atoms with Crippen LogP contribution in [0, 0.1) is 0 Å². The maximum absolute atomic E-state index is 13.1. The normalized spacial score (nSPS) is 10.8. The minimum absolute atomic E-state index is 0.00232. The summed E-state index contributed by atoms with van der Waals surface area (Å²) in [5.74, 6) is 0.786. The van der Waals surface area contributed by atoms with Crippen molar-refractivity contribution >= 4 is 5.78 Å². The number of ketones is 1. The van der Waals surface area contributed by atoms with Gasteiger partial charge in [-0.15, -0.1) is 0 Å². The Kier molecular flexibility index (Phi) is 10.7. The van der Waals surface area contributed by atoms with E-state index in [-0.39, 0.29) is 5.78 Å². The quantitative estimate of drug-likeness (QED) is 0.175. The minimum Gasteiger partial charge on any atom is -0.494 e. The average molecular weight is 444 g/mol. The lowest BCUT2D eigenvalue weighted by atomic mass is 9.96. The summed E-state index contributed by atoms with van der Waals surface area (Å²) in [5, 5.41) is 0. The molecule has 2 aromatic carbocycles. The van der Waals surface area contributed by atoms with Crippen LogP contribution in [0.15, 0.2) is 72.9 Å². The molecule has 0 bridgehead atoms. The Labute approximate surface area is 199 Å². The van der Waals surface area contributed by atoms with Gasteiger partial charge in [0.2, 0.25) is 0 Å². The molecule has 0 spiro atoms. The third-order valence-corrected chi connectivity index (χ3v) is 5.98. The molecule has 0 aliphatic heterocycles. The Balaban J connectivity index is 1.53. The number of aromatic nitrogens is 1. The van der Waals surface area contributed by atoms with Gasteiger partial charge in [0.05, 0.1) is 12.3 Å². The summed E-state index contributed by atoms with van der Waals surface area (Å²) in [4.78, 5) is 17.6. The molecule has 3 rings (SSSR count). The molecule has 174 valence electrons. The maximum Gasteiger partial charge on any atom is 0.193 e. The van der Waals surface area contributed by atoms with Crippen LogP contribution in [-0.4, -0.2) is 17.4 Å². The maximum atomic E-state index is 13.1. The van der Waals surface area contributed by atoms with Gasteiger partial charge in [0.1, 0.15) is 5.75 Å². The molecule has 3 aromatic rings. The lowest BCUT2D eigenvalue weighted by Gasteiger charge is -2.12. The van der Waals surface area contributed by atoms with E-state index in [9.17, 15) is 4.79 Å². The second-order valence-corrected chi connectivity index (χ2v) is 8.65. The fourth-order valence-corrected chi connectivity index (χ4v) is 4.07. The Morgan fingerprint density at radius 3 is 2.09 bits per heavy atom. The monoisotopic (exact) mass is 443 g/mol. The smallest absolute Gasteiger partial charge is 0.193 e. The van der Waals surface area contributed by atoms with Crippen LogP contribution >= 0.6 is 0 Å². The Morgan fingerprint density at radius 2 is 1.42 bits per heavy atom. The molecule has 0 N–H and O–H groups in total. The van der Waals surface area contributed by atoms with Gasteiger partial charge in [-0.05, 0) is 36.8 Å². The van der Waals surface area contributed by atoms with Crippen LogP contribution in [0.25, 0.3) is 11.3 Å². The summed E-state index contributed by atoms with van der Waals surface area (Å²) in [5.41, 5.74) is 2.91. The van der Waals surface area contributed by atoms with E-state index in [2.05, 4.69) is 11.9 Å². The van der Waals surface area contributed by atoms with Crippen LogP contribution in [0.5, 0.6) is 5.75 Å². The highest BCUT2D eigenvalue weighted by Crippen LogP contribution is 2.29. The SMILES string of the molecule is CCCCCCCCCCCCOc1ccc(C(=O)c2ccccc2)c(-c2ccccn2)c1. The molecule has 0 amide bonds. The van der Waals surface area contributed by atoms with Crippen molar-refractivity contribution in [1.82, 2.24) is 4.98 Å². The van der Waals surface area contributed by atoms with Crippen molar-refractivity contribution in [2.45, 2.75) is 71.1 Å². The van der Waals surface area contributed by atoms with Crippen molar-refractivity contribution in [1.29, 1.82) is 0 Å². The van der Waals surface area contributed by atoms with Gasteiger partial charge in [0, 0.05) is 22.9 Å². The fraction of sp³-hybridized carbons (Fsp3) is 0.400. The molecule has 1 heterocycles. The molecule has 0 fully saturated rings. The van der Waals surface area contributed by atoms with Gasteiger partial charge in [0.15, 0.2) is 5.78 Å². The minimum atomic E-state index is -0.00232. The van der Waals surface area contributed by atoms with Gasteiger partial charge in [-0.1, -0.05) is 101 Å². The summed E-state index contributed by atoms with van der Waals surface area (Å²) in [6.07, 6.45) is 14.8. The zero-order valence-electron chi connectivity index (χ0n) is 20.0. The largest absolute Gasteiger partial charge is 0.494 e. The molecule has 0 saturated carbocycles. The van der Waals surface area contributed by atoms with E-state index in [1.807, 2.05) is 66.7 Å². The van der Waals surface area contributed by atoms with E-state index in [0.29, 0.717) is 17.7 Å². The predicted molar refractivity (Wildman–Crippen MR) is 137 cm³/mol. The molecule has 0 unspecified atom stereocenters. The van der Waals surface area contributed by atoms with Crippen molar-refractivity contribution in [3.05, 3.63) is 84.1 Å². The Bertz CT molecular complexity index is 954. The van der Waals surface area contributed by atoms with Crippen LogP contribution in [0.3, 0.4) is 0 Å². The highest BCUT2D eigenvalue weighted by Gasteiger charge is 2.16. The van der Waals surface area contributed by atoms with Crippen LogP contribution in [0.4, 0.5) is 0 Å². The zero-order valence-corrected chi connectivity index (χ0v) is 20.0. The zero-order chi connectivity index (χ0) is 23.1. The summed E-state index contributed by atoms with van der Waals surface area (Å²) in [6, 6.07) is 20.9. The number of nitrogens with zero attached hydrogens (tertiary/aromatic N) is 1. The van der Waals surface area contributed by atoms with Crippen molar-refractivity contribution in [2.75, 3.05) is 6.61 Å². The van der Waals surface area contributed by atoms with Gasteiger partial charge in [0.25, 0.3) is 0 Å². The number of carbonyl (C=O) groups is 1. The number of hydrogen-bond acceptors (Lipinski definition) is 3. The van der Waals surface area contributed by atoms with E-state index in [1.165, 1.54) is 57.8 Å². The van der Waals surface area contributed by atoms with Crippen molar-refractivity contribution < 1.29 is 9.53 Å². The van der Waals surface area contributed by atoms with Crippen LogP contribution in [0.1, 0.15) is 87.1 Å². The van der Waals surface area contributed by atoms with Crippen LogP contribution < -0.4 is 4.74 Å². The van der Waals surface area contributed by atoms with Gasteiger partial charge < -0.3 is 4.74 Å². The number of hydrogen-bond donors (Lipinski definition) is 0. The molecule has 3 heteroatoms. The second kappa shape index (κ2) is 14.3. The standard InChI is InChI=1S/C30H37NO2/c1-2-3-4-5-6-7-8-9-10-16-23-33-26-20-21-27(30(32)25-17-12-11-13-18-25)28(24-26)29-19-14-15-22-31-29/h11-15,17-22,24H,2-10,16,23H2,1H3. The van der Waals surface area contributed by atoms with E-state index in [0.717, 1.165) is 23.4 Å². The van der Waals surface area contributed by atoms with E-state index >= 15 is 0 Å². The van der Waals surface area contributed by atoms with E-state index in [1.54, 1.807) is 6.20 Å².